The topological polar surface area (TPSA) is 94.3 Å². The molecule has 5 rings (SSSR count). The maximum Gasteiger partial charge on any atom is 0.223 e. The summed E-state index contributed by atoms with van der Waals surface area (Å²) in [5, 5.41) is 11.8. The van der Waals surface area contributed by atoms with Gasteiger partial charge in [0.15, 0.2) is 5.13 Å². The van der Waals surface area contributed by atoms with Crippen molar-refractivity contribution in [1.82, 2.24) is 19.7 Å². The molecular weight excluding hydrogens is 443 g/mol. The fourth-order valence-electron chi connectivity index (χ4n) is 3.87. The molecule has 166 valence electrons. The third-order valence-electron chi connectivity index (χ3n) is 5.23. The van der Waals surface area contributed by atoms with Crippen molar-refractivity contribution in [3.05, 3.63) is 65.4 Å². The number of nitrogens with one attached hydrogen (secondary N) is 1. The van der Waals surface area contributed by atoms with Crippen molar-refractivity contribution in [1.29, 1.82) is 0 Å². The molecule has 0 saturated carbocycles. The molecule has 0 radical (unpaired) electrons. The number of thiazole rings is 1. The Morgan fingerprint density at radius 3 is 2.94 bits per heavy atom. The van der Waals surface area contributed by atoms with Crippen molar-refractivity contribution in [2.45, 2.75) is 19.8 Å². The smallest absolute Gasteiger partial charge is 0.223 e. The number of nitrogens with zero attached hydrogens (tertiary/aromatic N) is 5. The van der Waals surface area contributed by atoms with Gasteiger partial charge in [-0.25, -0.2) is 14.1 Å². The second kappa shape index (κ2) is 8.55. The SMILES string of the molecule is CO/N=C\c1ccc(-n2nc(-c3cccnc3)c3c2-c2sc(NC(C)=O)nc2CC3)c(F)c1. The number of benzene rings is 1. The monoisotopic (exact) mass is 462 g/mol. The first-order chi connectivity index (χ1) is 16.0. The Bertz CT molecular complexity index is 1380. The standard InChI is InChI=1S/C23H19FN6O2S/c1-13(31)27-23-28-18-7-6-16-20(15-4-3-9-25-12-15)29-30(21(16)22(18)33-23)19-8-5-14(10-17(19)24)11-26-32-2/h3-5,8-12H,6-7H2,1-2H3,(H,27,28,31)/b26-11-. The molecular formula is C23H19FN6O2S. The second-order valence-electron chi connectivity index (χ2n) is 7.43. The highest BCUT2D eigenvalue weighted by Gasteiger charge is 2.30. The molecule has 3 aromatic heterocycles. The van der Waals surface area contributed by atoms with Gasteiger partial charge in [0.2, 0.25) is 5.91 Å². The van der Waals surface area contributed by atoms with E-state index in [-0.39, 0.29) is 5.91 Å². The van der Waals surface area contributed by atoms with E-state index in [1.165, 1.54) is 37.7 Å². The Kier molecular flexibility index (Phi) is 5.43. The largest absolute Gasteiger partial charge is 0.399 e. The summed E-state index contributed by atoms with van der Waals surface area (Å²) in [7, 11) is 1.43. The average Bonchev–Trinajstić information content (AvgIpc) is 3.38. The number of aromatic nitrogens is 4. The third-order valence-corrected chi connectivity index (χ3v) is 6.25. The lowest BCUT2D eigenvalue weighted by Gasteiger charge is -2.14. The number of hydrogen-bond donors (Lipinski definition) is 1. The van der Waals surface area contributed by atoms with Crippen LogP contribution in [0.3, 0.4) is 0 Å². The number of pyridine rings is 1. The number of halogens is 1. The number of hydrogen-bond acceptors (Lipinski definition) is 7. The number of rotatable bonds is 5. The lowest BCUT2D eigenvalue weighted by atomic mass is 9.95. The van der Waals surface area contributed by atoms with Crippen LogP contribution >= 0.6 is 11.3 Å². The van der Waals surface area contributed by atoms with Gasteiger partial charge < -0.3 is 10.2 Å². The molecule has 0 spiro atoms. The van der Waals surface area contributed by atoms with Crippen molar-refractivity contribution in [2.75, 3.05) is 12.4 Å². The molecule has 8 nitrogen and oxygen atoms in total. The second-order valence-corrected chi connectivity index (χ2v) is 8.43. The molecule has 1 amide bonds. The van der Waals surface area contributed by atoms with Gasteiger partial charge in [-0.1, -0.05) is 22.6 Å². The summed E-state index contributed by atoms with van der Waals surface area (Å²) in [5.74, 6) is -0.637. The van der Waals surface area contributed by atoms with Gasteiger partial charge in [-0.15, -0.1) is 0 Å². The van der Waals surface area contributed by atoms with E-state index in [0.29, 0.717) is 29.2 Å². The van der Waals surface area contributed by atoms with Crippen molar-refractivity contribution in [2.24, 2.45) is 5.16 Å². The van der Waals surface area contributed by atoms with Gasteiger partial charge in [-0.2, -0.15) is 5.10 Å². The minimum atomic E-state index is -0.447. The summed E-state index contributed by atoms with van der Waals surface area (Å²) in [6.45, 7) is 1.44. The lowest BCUT2D eigenvalue weighted by molar-refractivity contribution is -0.114. The maximum atomic E-state index is 15.3. The van der Waals surface area contributed by atoms with E-state index >= 15 is 4.39 Å². The van der Waals surface area contributed by atoms with Gasteiger partial charge in [-0.05, 0) is 42.7 Å². The molecule has 0 aliphatic heterocycles. The normalized spacial score (nSPS) is 12.5. The molecule has 0 fully saturated rings. The van der Waals surface area contributed by atoms with E-state index in [1.54, 1.807) is 29.2 Å². The van der Waals surface area contributed by atoms with Gasteiger partial charge in [-0.3, -0.25) is 9.78 Å². The van der Waals surface area contributed by atoms with Crippen LogP contribution in [0.25, 0.3) is 27.5 Å². The zero-order chi connectivity index (χ0) is 22.9. The molecule has 1 aromatic carbocycles. The Morgan fingerprint density at radius 1 is 1.33 bits per heavy atom. The highest BCUT2D eigenvalue weighted by atomic mass is 32.1. The van der Waals surface area contributed by atoms with Crippen molar-refractivity contribution in [3.63, 3.8) is 0 Å². The van der Waals surface area contributed by atoms with Crippen LogP contribution in [0.1, 0.15) is 23.7 Å². The van der Waals surface area contributed by atoms with E-state index in [9.17, 15) is 4.79 Å². The van der Waals surface area contributed by atoms with E-state index in [1.807, 2.05) is 12.1 Å². The predicted octanol–water partition coefficient (Wildman–Crippen LogP) is 4.23. The van der Waals surface area contributed by atoms with Gasteiger partial charge in [0.25, 0.3) is 0 Å². The first-order valence-corrected chi connectivity index (χ1v) is 11.0. The summed E-state index contributed by atoms with van der Waals surface area (Å²) in [5.41, 5.74) is 5.12. The third kappa shape index (κ3) is 3.89. The van der Waals surface area contributed by atoms with Crippen molar-refractivity contribution >= 4 is 28.6 Å². The number of anilines is 1. The van der Waals surface area contributed by atoms with Crippen molar-refractivity contribution < 1.29 is 14.0 Å². The van der Waals surface area contributed by atoms with Crippen LogP contribution < -0.4 is 5.32 Å². The highest BCUT2D eigenvalue weighted by Crippen LogP contribution is 2.44. The fraction of sp³-hybridized carbons (Fsp3) is 0.174. The molecule has 0 bridgehead atoms. The Hall–Kier alpha value is -3.92. The van der Waals surface area contributed by atoms with Gasteiger partial charge in [0.05, 0.1) is 28.2 Å². The van der Waals surface area contributed by atoms with Gasteiger partial charge >= 0.3 is 0 Å². The molecule has 1 aliphatic carbocycles. The molecule has 1 aliphatic rings. The number of oxime groups is 1. The molecule has 0 saturated heterocycles. The van der Waals surface area contributed by atoms with Crippen LogP contribution in [0, 0.1) is 5.82 Å². The number of carbonyl (C=O) groups is 1. The molecule has 1 N–H and O–H groups in total. The molecule has 0 atom stereocenters. The van der Waals surface area contributed by atoms with Gasteiger partial charge in [0.1, 0.15) is 18.6 Å². The van der Waals surface area contributed by atoms with E-state index in [4.69, 9.17) is 5.10 Å². The zero-order valence-corrected chi connectivity index (χ0v) is 18.7. The number of aryl methyl sites for hydroxylation is 1. The van der Waals surface area contributed by atoms with Crippen molar-refractivity contribution in [3.8, 4) is 27.5 Å². The van der Waals surface area contributed by atoms with E-state index in [2.05, 4.69) is 25.3 Å². The zero-order valence-electron chi connectivity index (χ0n) is 17.9. The van der Waals surface area contributed by atoms with Crippen LogP contribution in [0.2, 0.25) is 0 Å². The summed E-state index contributed by atoms with van der Waals surface area (Å²) >= 11 is 1.36. The highest BCUT2D eigenvalue weighted by molar-refractivity contribution is 7.19. The fourth-order valence-corrected chi connectivity index (χ4v) is 4.99. The minimum Gasteiger partial charge on any atom is -0.399 e. The average molecular weight is 463 g/mol. The molecule has 3 heterocycles. The van der Waals surface area contributed by atoms with Crippen LogP contribution in [-0.4, -0.2) is 39.0 Å². The van der Waals surface area contributed by atoms with E-state index < -0.39 is 5.82 Å². The summed E-state index contributed by atoms with van der Waals surface area (Å²) < 4.78 is 16.9. The first-order valence-electron chi connectivity index (χ1n) is 10.2. The summed E-state index contributed by atoms with van der Waals surface area (Å²) in [4.78, 5) is 25.9. The summed E-state index contributed by atoms with van der Waals surface area (Å²) in [6.07, 6.45) is 6.28. The molecule has 0 unspecified atom stereocenters. The quantitative estimate of drug-likeness (QED) is 0.354. The van der Waals surface area contributed by atoms with E-state index in [0.717, 1.165) is 33.1 Å². The minimum absolute atomic E-state index is 0.190. The van der Waals surface area contributed by atoms with Crippen LogP contribution in [0.15, 0.2) is 47.9 Å². The molecule has 10 heteroatoms. The maximum absolute atomic E-state index is 15.3. The van der Waals surface area contributed by atoms with Crippen LogP contribution in [0.4, 0.5) is 9.52 Å². The van der Waals surface area contributed by atoms with Crippen LogP contribution in [0.5, 0.6) is 0 Å². The lowest BCUT2D eigenvalue weighted by Crippen LogP contribution is -2.08. The number of amides is 1. The van der Waals surface area contributed by atoms with Gasteiger partial charge in [0, 0.05) is 30.4 Å². The Labute approximate surface area is 192 Å². The molecule has 4 aromatic rings. The number of carbonyl (C=O) groups excluding carboxylic acids is 1. The predicted molar refractivity (Wildman–Crippen MR) is 124 cm³/mol. The Balaban J connectivity index is 1.71. The Morgan fingerprint density at radius 2 is 2.21 bits per heavy atom. The summed E-state index contributed by atoms with van der Waals surface area (Å²) in [6, 6.07) is 8.58. The number of fused-ring (bicyclic) bond motifs is 3. The first kappa shape index (κ1) is 21.0. The molecule has 33 heavy (non-hydrogen) atoms. The van der Waals surface area contributed by atoms with Crippen LogP contribution in [-0.2, 0) is 22.5 Å².